The number of anilines is 2. The first kappa shape index (κ1) is 10.5. The second-order valence-corrected chi connectivity index (χ2v) is 3.90. The van der Waals surface area contributed by atoms with E-state index in [0.29, 0.717) is 11.4 Å². The Balaban J connectivity index is 3.10. The van der Waals surface area contributed by atoms with Gasteiger partial charge in [0.2, 0.25) is 0 Å². The minimum atomic E-state index is -2.86. The van der Waals surface area contributed by atoms with Gasteiger partial charge < -0.3 is 11.1 Å². The predicted molar refractivity (Wildman–Crippen MR) is 58.3 cm³/mol. The minimum absolute atomic E-state index is 0.0791. The number of halogens is 3. The van der Waals surface area contributed by atoms with Crippen molar-refractivity contribution < 1.29 is 8.78 Å². The zero-order chi connectivity index (χ0) is 10.1. The summed E-state index contributed by atoms with van der Waals surface area (Å²) in [4.78, 5) is 0. The molecule has 1 rings (SSSR count). The minimum Gasteiger partial charge on any atom is -0.397 e. The van der Waals surface area contributed by atoms with E-state index in [4.69, 9.17) is 5.73 Å². The maximum absolute atomic E-state index is 12.8. The van der Waals surface area contributed by atoms with Crippen LogP contribution in [0.5, 0.6) is 0 Å². The molecule has 1 aromatic carbocycles. The van der Waals surface area contributed by atoms with Crippen LogP contribution in [0.3, 0.4) is 0 Å². The number of rotatable bonds is 2. The van der Waals surface area contributed by atoms with E-state index in [0.717, 1.165) is 22.6 Å². The van der Waals surface area contributed by atoms with Crippen LogP contribution in [0, 0.1) is 0 Å². The van der Waals surface area contributed by atoms with Crippen molar-refractivity contribution >= 4 is 34.0 Å². The summed E-state index contributed by atoms with van der Waals surface area (Å²) in [5, 5.41) is 2.80. The van der Waals surface area contributed by atoms with Crippen LogP contribution in [-0.2, 0) is 3.93 Å². The van der Waals surface area contributed by atoms with Crippen molar-refractivity contribution in [3.63, 3.8) is 0 Å². The third-order valence-electron chi connectivity index (χ3n) is 1.65. The number of alkyl halides is 3. The van der Waals surface area contributed by atoms with Crippen molar-refractivity contribution in [3.8, 4) is 0 Å². The first-order chi connectivity index (χ1) is 5.95. The summed E-state index contributed by atoms with van der Waals surface area (Å²) in [6.07, 6.45) is 0. The third-order valence-corrected chi connectivity index (χ3v) is 2.27. The van der Waals surface area contributed by atoms with Gasteiger partial charge in [-0.05, 0) is 18.2 Å². The Hall–Kier alpha value is -0.590. The van der Waals surface area contributed by atoms with Crippen LogP contribution in [0.4, 0.5) is 20.2 Å². The highest BCUT2D eigenvalue weighted by Gasteiger charge is 2.26. The van der Waals surface area contributed by atoms with Gasteiger partial charge in [0.1, 0.15) is 0 Å². The monoisotopic (exact) mass is 298 g/mol. The second kappa shape index (κ2) is 3.65. The van der Waals surface area contributed by atoms with Crippen LogP contribution in [0.2, 0.25) is 0 Å². The Morgan fingerprint density at radius 1 is 1.46 bits per heavy atom. The third kappa shape index (κ3) is 2.43. The van der Waals surface area contributed by atoms with Crippen LogP contribution >= 0.6 is 22.6 Å². The normalized spacial score (nSPS) is 11.4. The van der Waals surface area contributed by atoms with E-state index in [9.17, 15) is 8.78 Å². The van der Waals surface area contributed by atoms with Crippen molar-refractivity contribution in [2.75, 3.05) is 18.1 Å². The fourth-order valence-corrected chi connectivity index (χ4v) is 1.30. The summed E-state index contributed by atoms with van der Waals surface area (Å²) < 4.78 is 22.7. The van der Waals surface area contributed by atoms with Crippen LogP contribution < -0.4 is 11.1 Å². The molecule has 0 saturated carbocycles. The van der Waals surface area contributed by atoms with E-state index in [1.165, 1.54) is 18.2 Å². The van der Waals surface area contributed by atoms with E-state index >= 15 is 0 Å². The van der Waals surface area contributed by atoms with E-state index in [-0.39, 0.29) is 5.56 Å². The lowest BCUT2D eigenvalue weighted by Gasteiger charge is -2.11. The van der Waals surface area contributed by atoms with Crippen molar-refractivity contribution in [1.29, 1.82) is 0 Å². The standard InChI is InChI=1S/C8H9F2IN2/c1-13-7-3-2-5(4-6(7)12)8(9,10)11/h2-4,13H,12H2,1H3. The highest BCUT2D eigenvalue weighted by molar-refractivity contribution is 14.1. The fraction of sp³-hybridized carbons (Fsp3) is 0.250. The molecule has 0 amide bonds. The smallest absolute Gasteiger partial charge is 0.321 e. The van der Waals surface area contributed by atoms with E-state index < -0.39 is 3.93 Å². The molecule has 3 N–H and O–H groups in total. The zero-order valence-corrected chi connectivity index (χ0v) is 9.10. The molecular weight excluding hydrogens is 289 g/mol. The van der Waals surface area contributed by atoms with Gasteiger partial charge in [0.15, 0.2) is 0 Å². The maximum Gasteiger partial charge on any atom is 0.321 e. The molecular formula is C8H9F2IN2. The van der Waals surface area contributed by atoms with Crippen molar-refractivity contribution in [1.82, 2.24) is 0 Å². The van der Waals surface area contributed by atoms with E-state index in [2.05, 4.69) is 5.32 Å². The molecule has 0 fully saturated rings. The topological polar surface area (TPSA) is 38.0 Å². The van der Waals surface area contributed by atoms with Crippen LogP contribution in [0.15, 0.2) is 18.2 Å². The van der Waals surface area contributed by atoms with Crippen molar-refractivity contribution in [2.45, 2.75) is 3.93 Å². The van der Waals surface area contributed by atoms with Gasteiger partial charge in [-0.25, -0.2) is 0 Å². The summed E-state index contributed by atoms with van der Waals surface area (Å²) in [5.74, 6) is 0. The Morgan fingerprint density at radius 3 is 2.46 bits per heavy atom. The molecule has 0 saturated heterocycles. The Bertz CT molecular complexity index is 310. The van der Waals surface area contributed by atoms with Gasteiger partial charge in [0, 0.05) is 35.2 Å². The predicted octanol–water partition coefficient (Wildman–Crippen LogP) is 2.79. The lowest BCUT2D eigenvalue weighted by molar-refractivity contribution is 0.127. The summed E-state index contributed by atoms with van der Waals surface area (Å²) in [6, 6.07) is 4.17. The first-order valence-corrected chi connectivity index (χ1v) is 4.67. The first-order valence-electron chi connectivity index (χ1n) is 3.59. The molecule has 0 bridgehead atoms. The van der Waals surface area contributed by atoms with Gasteiger partial charge in [-0.1, -0.05) is 0 Å². The van der Waals surface area contributed by atoms with Gasteiger partial charge >= 0.3 is 3.93 Å². The van der Waals surface area contributed by atoms with Crippen molar-refractivity contribution in [2.24, 2.45) is 0 Å². The van der Waals surface area contributed by atoms with Crippen LogP contribution in [0.25, 0.3) is 0 Å². The number of nitrogens with one attached hydrogen (secondary N) is 1. The molecule has 0 unspecified atom stereocenters. The second-order valence-electron chi connectivity index (χ2n) is 2.55. The molecule has 0 spiro atoms. The highest BCUT2D eigenvalue weighted by Crippen LogP contribution is 2.37. The summed E-state index contributed by atoms with van der Waals surface area (Å²) in [7, 11) is 1.69. The average molecular weight is 298 g/mol. The summed E-state index contributed by atoms with van der Waals surface area (Å²) in [6.45, 7) is 0. The zero-order valence-electron chi connectivity index (χ0n) is 6.94. The molecule has 0 radical (unpaired) electrons. The molecule has 5 heteroatoms. The average Bonchev–Trinajstić information content (AvgIpc) is 2.02. The lowest BCUT2D eigenvalue weighted by Crippen LogP contribution is -2.04. The molecule has 0 aliphatic rings. The highest BCUT2D eigenvalue weighted by atomic mass is 127. The van der Waals surface area contributed by atoms with Gasteiger partial charge in [-0.2, -0.15) is 8.78 Å². The van der Waals surface area contributed by atoms with Crippen molar-refractivity contribution in [3.05, 3.63) is 23.8 Å². The Labute approximate surface area is 88.6 Å². The maximum atomic E-state index is 12.8. The number of nitrogen functional groups attached to an aromatic ring is 1. The number of hydrogen-bond acceptors (Lipinski definition) is 2. The quantitative estimate of drug-likeness (QED) is 0.500. The van der Waals surface area contributed by atoms with E-state index in [1.807, 2.05) is 0 Å². The van der Waals surface area contributed by atoms with Gasteiger partial charge in [0.05, 0.1) is 11.4 Å². The van der Waals surface area contributed by atoms with E-state index in [1.54, 1.807) is 7.05 Å². The Kier molecular flexibility index (Phi) is 2.94. The fourth-order valence-electron chi connectivity index (χ4n) is 0.967. The number of benzene rings is 1. The Morgan fingerprint density at radius 2 is 2.08 bits per heavy atom. The molecule has 0 aromatic heterocycles. The lowest BCUT2D eigenvalue weighted by atomic mass is 10.2. The largest absolute Gasteiger partial charge is 0.397 e. The van der Waals surface area contributed by atoms with Crippen LogP contribution in [0.1, 0.15) is 5.56 Å². The molecule has 72 valence electrons. The summed E-state index contributed by atoms with van der Waals surface area (Å²) >= 11 is 1.07. The molecule has 1 aromatic rings. The van der Waals surface area contributed by atoms with Gasteiger partial charge in [-0.3, -0.25) is 0 Å². The number of nitrogens with two attached hydrogens (primary N) is 1. The van der Waals surface area contributed by atoms with Gasteiger partial charge in [-0.15, -0.1) is 0 Å². The molecule has 0 aliphatic heterocycles. The molecule has 13 heavy (non-hydrogen) atoms. The molecule has 0 atom stereocenters. The molecule has 2 nitrogen and oxygen atoms in total. The summed E-state index contributed by atoms with van der Waals surface area (Å²) in [5.41, 5.74) is 6.44. The SMILES string of the molecule is CNc1ccc(C(F)(F)I)cc1N. The van der Waals surface area contributed by atoms with Crippen LogP contribution in [-0.4, -0.2) is 7.05 Å². The molecule has 0 aliphatic carbocycles. The number of hydrogen-bond donors (Lipinski definition) is 2. The van der Waals surface area contributed by atoms with Gasteiger partial charge in [0.25, 0.3) is 0 Å². The molecule has 0 heterocycles.